The van der Waals surface area contributed by atoms with E-state index in [1.807, 2.05) is 12.3 Å². The van der Waals surface area contributed by atoms with Crippen molar-refractivity contribution < 1.29 is 0 Å². The van der Waals surface area contributed by atoms with Crippen LogP contribution in [0.1, 0.15) is 25.0 Å². The average Bonchev–Trinajstić information content (AvgIpc) is 3.08. The van der Waals surface area contributed by atoms with Gasteiger partial charge in [0.2, 0.25) is 0 Å². The van der Waals surface area contributed by atoms with E-state index in [0.717, 1.165) is 11.1 Å². The summed E-state index contributed by atoms with van der Waals surface area (Å²) in [7, 11) is 0. The van der Waals surface area contributed by atoms with Crippen molar-refractivity contribution in [3.05, 3.63) is 94.5 Å². The van der Waals surface area contributed by atoms with Gasteiger partial charge >= 0.3 is 0 Å². The second kappa shape index (κ2) is 5.74. The second-order valence-corrected chi connectivity index (χ2v) is 6.70. The van der Waals surface area contributed by atoms with E-state index in [0.29, 0.717) is 5.65 Å². The van der Waals surface area contributed by atoms with Gasteiger partial charge in [-0.3, -0.25) is 9.89 Å². The Morgan fingerprint density at radius 1 is 0.920 bits per heavy atom. The van der Waals surface area contributed by atoms with Crippen LogP contribution >= 0.6 is 0 Å². The van der Waals surface area contributed by atoms with Crippen molar-refractivity contribution >= 4 is 5.65 Å². The summed E-state index contributed by atoms with van der Waals surface area (Å²) in [5.74, 6) is 0. The lowest BCUT2D eigenvalue weighted by molar-refractivity contribution is 0.641. The lowest BCUT2D eigenvalue weighted by Crippen LogP contribution is -2.18. The van der Waals surface area contributed by atoms with E-state index in [2.05, 4.69) is 72.5 Å². The van der Waals surface area contributed by atoms with Crippen molar-refractivity contribution in [2.24, 2.45) is 0 Å². The van der Waals surface area contributed by atoms with Crippen LogP contribution in [-0.2, 0) is 5.41 Å². The molecule has 0 spiro atoms. The van der Waals surface area contributed by atoms with Crippen molar-refractivity contribution in [3.8, 4) is 11.1 Å². The Balaban J connectivity index is 1.75. The molecule has 4 rings (SSSR count). The molecule has 4 nitrogen and oxygen atoms in total. The van der Waals surface area contributed by atoms with E-state index in [1.54, 1.807) is 6.20 Å². The molecule has 4 heteroatoms. The molecule has 2 heterocycles. The second-order valence-electron chi connectivity index (χ2n) is 6.70. The summed E-state index contributed by atoms with van der Waals surface area (Å²) in [5.41, 5.74) is 4.93. The number of nitrogens with one attached hydrogen (secondary N) is 1. The molecule has 0 aliphatic heterocycles. The maximum Gasteiger partial charge on any atom is 0.272 e. The molecule has 0 saturated heterocycles. The maximum absolute atomic E-state index is 11.9. The monoisotopic (exact) mass is 329 g/mol. The summed E-state index contributed by atoms with van der Waals surface area (Å²) >= 11 is 0. The summed E-state index contributed by atoms with van der Waals surface area (Å²) in [6.45, 7) is 4.45. The number of hydrogen-bond donors (Lipinski definition) is 1. The van der Waals surface area contributed by atoms with Gasteiger partial charge < -0.3 is 0 Å². The van der Waals surface area contributed by atoms with E-state index >= 15 is 0 Å². The first-order chi connectivity index (χ1) is 12.1. The summed E-state index contributed by atoms with van der Waals surface area (Å²) in [5, 5.41) is 2.97. The highest BCUT2D eigenvalue weighted by Crippen LogP contribution is 2.33. The highest BCUT2D eigenvalue weighted by atomic mass is 16.1. The van der Waals surface area contributed by atoms with Gasteiger partial charge in [-0.05, 0) is 16.7 Å². The Morgan fingerprint density at radius 3 is 2.32 bits per heavy atom. The van der Waals surface area contributed by atoms with E-state index < -0.39 is 0 Å². The molecule has 0 atom stereocenters. The fraction of sp³-hybridized carbons (Fsp3) is 0.143. The van der Waals surface area contributed by atoms with Gasteiger partial charge in [0.25, 0.3) is 5.56 Å². The van der Waals surface area contributed by atoms with E-state index in [-0.39, 0.29) is 11.0 Å². The maximum atomic E-state index is 11.9. The molecule has 0 aliphatic rings. The lowest BCUT2D eigenvalue weighted by Gasteiger charge is -2.26. The molecule has 25 heavy (non-hydrogen) atoms. The minimum absolute atomic E-state index is 0.0742. The highest BCUT2D eigenvalue weighted by Gasteiger charge is 2.22. The molecule has 0 unspecified atom stereocenters. The van der Waals surface area contributed by atoms with E-state index in [1.165, 1.54) is 21.7 Å². The minimum Gasteiger partial charge on any atom is -0.296 e. The highest BCUT2D eigenvalue weighted by molar-refractivity contribution is 5.76. The van der Waals surface area contributed by atoms with Crippen LogP contribution in [0.3, 0.4) is 0 Å². The van der Waals surface area contributed by atoms with Crippen LogP contribution in [-0.4, -0.2) is 14.6 Å². The quantitative estimate of drug-likeness (QED) is 0.617. The van der Waals surface area contributed by atoms with Crippen molar-refractivity contribution in [1.29, 1.82) is 0 Å². The van der Waals surface area contributed by atoms with Gasteiger partial charge in [-0.2, -0.15) is 0 Å². The molecule has 0 saturated carbocycles. The first-order valence-corrected chi connectivity index (χ1v) is 8.29. The fourth-order valence-electron chi connectivity index (χ4n) is 3.22. The molecular weight excluding hydrogens is 310 g/mol. The van der Waals surface area contributed by atoms with Gasteiger partial charge in [0, 0.05) is 29.4 Å². The molecule has 0 bridgehead atoms. The van der Waals surface area contributed by atoms with Crippen LogP contribution in [0.4, 0.5) is 0 Å². The first kappa shape index (κ1) is 15.4. The zero-order chi connectivity index (χ0) is 17.4. The molecule has 2 aromatic carbocycles. The van der Waals surface area contributed by atoms with Crippen LogP contribution < -0.4 is 5.56 Å². The topological polar surface area (TPSA) is 50.2 Å². The third kappa shape index (κ3) is 2.56. The standard InChI is InChI=1S/C21H19N3O/c1-21(2,16-6-4-3-5-7-16)17-10-8-15(9-11-17)18-14-23-24-19(25)12-13-22-20(18)24/h3-14,23H,1-2H3. The minimum atomic E-state index is -0.113. The number of rotatable bonds is 3. The average molecular weight is 329 g/mol. The molecular formula is C21H19N3O. The number of aromatic amines is 1. The molecule has 0 aliphatic carbocycles. The van der Waals surface area contributed by atoms with Crippen LogP contribution in [0.15, 0.2) is 77.9 Å². The van der Waals surface area contributed by atoms with Gasteiger partial charge in [-0.1, -0.05) is 68.4 Å². The van der Waals surface area contributed by atoms with Crippen molar-refractivity contribution in [2.75, 3.05) is 0 Å². The smallest absolute Gasteiger partial charge is 0.272 e. The van der Waals surface area contributed by atoms with Crippen molar-refractivity contribution in [2.45, 2.75) is 19.3 Å². The van der Waals surface area contributed by atoms with Crippen molar-refractivity contribution in [3.63, 3.8) is 0 Å². The lowest BCUT2D eigenvalue weighted by atomic mass is 9.78. The number of hydrogen-bond acceptors (Lipinski definition) is 2. The van der Waals surface area contributed by atoms with Crippen LogP contribution in [0.25, 0.3) is 16.8 Å². The van der Waals surface area contributed by atoms with Gasteiger partial charge in [0.1, 0.15) is 0 Å². The van der Waals surface area contributed by atoms with Gasteiger partial charge in [0.05, 0.1) is 0 Å². The van der Waals surface area contributed by atoms with E-state index in [4.69, 9.17) is 0 Å². The Hall–Kier alpha value is -3.14. The first-order valence-electron chi connectivity index (χ1n) is 8.29. The Morgan fingerprint density at radius 2 is 1.60 bits per heavy atom. The Labute approximate surface area is 145 Å². The molecule has 0 amide bonds. The number of fused-ring (bicyclic) bond motifs is 1. The summed E-state index contributed by atoms with van der Waals surface area (Å²) < 4.78 is 1.46. The van der Waals surface area contributed by atoms with Gasteiger partial charge in [-0.25, -0.2) is 9.50 Å². The largest absolute Gasteiger partial charge is 0.296 e. The molecule has 2 aromatic heterocycles. The SMILES string of the molecule is CC(C)(c1ccccc1)c1ccc(-c2c[nH]n3c(=O)ccnc23)cc1. The van der Waals surface area contributed by atoms with Crippen molar-refractivity contribution in [1.82, 2.24) is 14.6 Å². The van der Waals surface area contributed by atoms with Crippen LogP contribution in [0, 0.1) is 0 Å². The third-order valence-electron chi connectivity index (χ3n) is 4.84. The summed E-state index contributed by atoms with van der Waals surface area (Å²) in [6, 6.07) is 20.4. The fourth-order valence-corrected chi connectivity index (χ4v) is 3.22. The van der Waals surface area contributed by atoms with E-state index in [9.17, 15) is 4.79 Å². The van der Waals surface area contributed by atoms with Crippen LogP contribution in [0.2, 0.25) is 0 Å². The predicted octanol–water partition coefficient (Wildman–Crippen LogP) is 4.02. The molecule has 4 aromatic rings. The normalized spacial score (nSPS) is 11.8. The molecule has 124 valence electrons. The summed E-state index contributed by atoms with van der Waals surface area (Å²) in [4.78, 5) is 16.2. The van der Waals surface area contributed by atoms with Gasteiger partial charge in [0.15, 0.2) is 5.65 Å². The van der Waals surface area contributed by atoms with Gasteiger partial charge in [-0.15, -0.1) is 0 Å². The zero-order valence-corrected chi connectivity index (χ0v) is 14.2. The van der Waals surface area contributed by atoms with Crippen LogP contribution in [0.5, 0.6) is 0 Å². The number of aromatic nitrogens is 3. The molecule has 1 N–H and O–H groups in total. The third-order valence-corrected chi connectivity index (χ3v) is 4.84. The zero-order valence-electron chi connectivity index (χ0n) is 14.2. The Kier molecular flexibility index (Phi) is 3.53. The number of H-pyrrole nitrogens is 1. The predicted molar refractivity (Wildman–Crippen MR) is 99.8 cm³/mol. The Bertz CT molecular complexity index is 1070. The number of nitrogens with zero attached hydrogens (tertiary/aromatic N) is 2. The number of benzene rings is 2. The molecule has 0 radical (unpaired) electrons. The summed E-state index contributed by atoms with van der Waals surface area (Å²) in [6.07, 6.45) is 3.36. The molecule has 0 fully saturated rings.